The third-order valence-corrected chi connectivity index (χ3v) is 4.16. The van der Waals surface area contributed by atoms with Crippen LogP contribution in [-0.2, 0) is 10.0 Å². The van der Waals surface area contributed by atoms with Crippen molar-refractivity contribution in [1.29, 1.82) is 0 Å². The third-order valence-electron chi connectivity index (χ3n) is 2.57. The van der Waals surface area contributed by atoms with E-state index < -0.39 is 10.0 Å². The Kier molecular flexibility index (Phi) is 5.28. The molecule has 19 heavy (non-hydrogen) atoms. The highest BCUT2D eigenvalue weighted by atomic mass is 32.2. The lowest BCUT2D eigenvalue weighted by atomic mass is 10.1. The van der Waals surface area contributed by atoms with E-state index in [9.17, 15) is 13.2 Å². The van der Waals surface area contributed by atoms with Crippen molar-refractivity contribution in [2.45, 2.75) is 37.6 Å². The van der Waals surface area contributed by atoms with Crippen molar-refractivity contribution in [3.05, 3.63) is 29.8 Å². The Morgan fingerprint density at radius 2 is 2.16 bits per heavy atom. The van der Waals surface area contributed by atoms with Gasteiger partial charge in [-0.1, -0.05) is 19.1 Å². The van der Waals surface area contributed by atoms with E-state index in [2.05, 4.69) is 10.6 Å². The molecule has 1 rings (SSSR count). The quantitative estimate of drug-likeness (QED) is 0.639. The maximum atomic E-state index is 12.1. The molecule has 0 aromatic heterocycles. The lowest BCUT2D eigenvalue weighted by molar-refractivity contribution is 0.0988. The monoisotopic (exact) mass is 279 g/mol. The van der Waals surface area contributed by atoms with Crippen molar-refractivity contribution >= 4 is 15.8 Å². The van der Waals surface area contributed by atoms with Crippen LogP contribution in [0, 0.1) is 12.3 Å². The molecule has 1 atom stereocenters. The average Bonchev–Trinajstić information content (AvgIpc) is 2.37. The number of carbonyl (C=O) groups is 1. The first-order chi connectivity index (χ1) is 8.90. The molecule has 0 aliphatic carbocycles. The Morgan fingerprint density at radius 1 is 1.47 bits per heavy atom. The van der Waals surface area contributed by atoms with Gasteiger partial charge in [-0.25, -0.2) is 13.1 Å². The molecule has 0 aliphatic rings. The van der Waals surface area contributed by atoms with Crippen LogP contribution in [0.25, 0.3) is 0 Å². The normalized spacial score (nSPS) is 12.7. The van der Waals surface area contributed by atoms with E-state index in [1.807, 2.05) is 0 Å². The predicted octanol–water partition coefficient (Wildman–Crippen LogP) is 1.97. The molecule has 1 aromatic rings. The molecule has 4 nitrogen and oxygen atoms in total. The maximum absolute atomic E-state index is 12.1. The Labute approximate surface area is 114 Å². The van der Waals surface area contributed by atoms with E-state index >= 15 is 0 Å². The summed E-state index contributed by atoms with van der Waals surface area (Å²) in [6, 6.07) is 5.66. The summed E-state index contributed by atoms with van der Waals surface area (Å²) in [6.07, 6.45) is 5.79. The molecule has 0 spiro atoms. The minimum Gasteiger partial charge on any atom is -0.294 e. The van der Waals surface area contributed by atoms with Crippen molar-refractivity contribution in [3.8, 4) is 12.3 Å². The SMILES string of the molecule is C#CCC(C)NS(=O)(=O)c1cccc(C(=O)CC)c1. The number of sulfonamides is 1. The van der Waals surface area contributed by atoms with E-state index in [4.69, 9.17) is 6.42 Å². The van der Waals surface area contributed by atoms with Gasteiger partial charge in [-0.15, -0.1) is 12.3 Å². The van der Waals surface area contributed by atoms with Crippen LogP contribution in [0.4, 0.5) is 0 Å². The molecule has 1 N–H and O–H groups in total. The second-order valence-corrected chi connectivity index (χ2v) is 5.95. The molecule has 0 heterocycles. The van der Waals surface area contributed by atoms with Gasteiger partial charge in [0, 0.05) is 24.4 Å². The van der Waals surface area contributed by atoms with Gasteiger partial charge in [-0.05, 0) is 19.1 Å². The van der Waals surface area contributed by atoms with Gasteiger partial charge in [0.1, 0.15) is 0 Å². The van der Waals surface area contributed by atoms with Gasteiger partial charge < -0.3 is 0 Å². The average molecular weight is 279 g/mol. The number of carbonyl (C=O) groups excluding carboxylic acids is 1. The van der Waals surface area contributed by atoms with Crippen LogP contribution >= 0.6 is 0 Å². The zero-order chi connectivity index (χ0) is 14.5. The third kappa shape index (κ3) is 4.19. The fraction of sp³-hybridized carbons (Fsp3) is 0.357. The number of ketones is 1. The van der Waals surface area contributed by atoms with Crippen LogP contribution in [0.3, 0.4) is 0 Å². The number of Topliss-reactive ketones (excluding diaryl/α,β-unsaturated/α-hetero) is 1. The summed E-state index contributed by atoms with van der Waals surface area (Å²) in [5.74, 6) is 2.31. The molecule has 0 radical (unpaired) electrons. The van der Waals surface area contributed by atoms with Gasteiger partial charge in [-0.2, -0.15) is 0 Å². The molecule has 0 aliphatic heterocycles. The Balaban J connectivity index is 3.02. The van der Waals surface area contributed by atoms with E-state index in [1.165, 1.54) is 12.1 Å². The van der Waals surface area contributed by atoms with Gasteiger partial charge >= 0.3 is 0 Å². The molecular weight excluding hydrogens is 262 g/mol. The summed E-state index contributed by atoms with van der Waals surface area (Å²) in [7, 11) is -3.64. The summed E-state index contributed by atoms with van der Waals surface area (Å²) in [4.78, 5) is 11.7. The summed E-state index contributed by atoms with van der Waals surface area (Å²) in [5, 5.41) is 0. The first-order valence-corrected chi connectivity index (χ1v) is 7.48. The molecule has 0 fully saturated rings. The molecule has 5 heteroatoms. The molecule has 0 amide bonds. The number of hydrogen-bond donors (Lipinski definition) is 1. The largest absolute Gasteiger partial charge is 0.294 e. The van der Waals surface area contributed by atoms with E-state index in [0.29, 0.717) is 18.4 Å². The molecule has 0 saturated carbocycles. The molecule has 0 bridgehead atoms. The Bertz CT molecular complexity index is 599. The minimum absolute atomic E-state index is 0.0793. The van der Waals surface area contributed by atoms with Crippen LogP contribution in [0.15, 0.2) is 29.2 Å². The van der Waals surface area contributed by atoms with Gasteiger partial charge in [0.05, 0.1) is 4.90 Å². The van der Waals surface area contributed by atoms with Gasteiger partial charge in [0.25, 0.3) is 0 Å². The topological polar surface area (TPSA) is 63.2 Å². The highest BCUT2D eigenvalue weighted by Crippen LogP contribution is 2.13. The molecule has 1 unspecified atom stereocenters. The number of nitrogens with one attached hydrogen (secondary N) is 1. The Morgan fingerprint density at radius 3 is 2.74 bits per heavy atom. The standard InChI is InChI=1S/C14H17NO3S/c1-4-7-11(3)15-19(17,18)13-9-6-8-12(10-13)14(16)5-2/h1,6,8-11,15H,5,7H2,2-3H3. The summed E-state index contributed by atoms with van der Waals surface area (Å²) < 4.78 is 26.7. The van der Waals surface area contributed by atoms with Gasteiger partial charge in [-0.3, -0.25) is 4.79 Å². The lowest BCUT2D eigenvalue weighted by Gasteiger charge is -2.12. The van der Waals surface area contributed by atoms with Crippen molar-refractivity contribution in [2.24, 2.45) is 0 Å². The number of terminal acetylenes is 1. The second kappa shape index (κ2) is 6.50. The lowest BCUT2D eigenvalue weighted by Crippen LogP contribution is -2.32. The van der Waals surface area contributed by atoms with Crippen molar-refractivity contribution in [2.75, 3.05) is 0 Å². The van der Waals surface area contributed by atoms with E-state index in [-0.39, 0.29) is 16.7 Å². The van der Waals surface area contributed by atoms with E-state index in [0.717, 1.165) is 0 Å². The van der Waals surface area contributed by atoms with E-state index in [1.54, 1.807) is 26.0 Å². The van der Waals surface area contributed by atoms with Crippen LogP contribution in [-0.4, -0.2) is 20.2 Å². The number of benzene rings is 1. The summed E-state index contributed by atoms with van der Waals surface area (Å²) in [6.45, 7) is 3.43. The summed E-state index contributed by atoms with van der Waals surface area (Å²) >= 11 is 0. The molecule has 1 aromatic carbocycles. The first kappa shape index (κ1) is 15.4. The van der Waals surface area contributed by atoms with Gasteiger partial charge in [0.15, 0.2) is 5.78 Å². The van der Waals surface area contributed by atoms with Crippen LogP contribution in [0.5, 0.6) is 0 Å². The fourth-order valence-corrected chi connectivity index (χ4v) is 2.88. The summed E-state index contributed by atoms with van der Waals surface area (Å²) in [5.41, 5.74) is 0.398. The minimum atomic E-state index is -3.64. The molecule has 102 valence electrons. The predicted molar refractivity (Wildman–Crippen MR) is 74.3 cm³/mol. The van der Waals surface area contributed by atoms with Crippen molar-refractivity contribution < 1.29 is 13.2 Å². The maximum Gasteiger partial charge on any atom is 0.240 e. The Hall–Kier alpha value is -1.64. The highest BCUT2D eigenvalue weighted by molar-refractivity contribution is 7.89. The van der Waals surface area contributed by atoms with Crippen LogP contribution in [0.2, 0.25) is 0 Å². The van der Waals surface area contributed by atoms with Crippen LogP contribution < -0.4 is 4.72 Å². The zero-order valence-electron chi connectivity index (χ0n) is 11.0. The highest BCUT2D eigenvalue weighted by Gasteiger charge is 2.18. The van der Waals surface area contributed by atoms with Crippen molar-refractivity contribution in [1.82, 2.24) is 4.72 Å². The van der Waals surface area contributed by atoms with Crippen molar-refractivity contribution in [3.63, 3.8) is 0 Å². The molecular formula is C14H17NO3S. The van der Waals surface area contributed by atoms with Crippen LogP contribution in [0.1, 0.15) is 37.0 Å². The zero-order valence-corrected chi connectivity index (χ0v) is 11.8. The number of hydrogen-bond acceptors (Lipinski definition) is 3. The smallest absolute Gasteiger partial charge is 0.240 e. The first-order valence-electron chi connectivity index (χ1n) is 5.99. The second-order valence-electron chi connectivity index (χ2n) is 4.24. The molecule has 0 saturated heterocycles. The fourth-order valence-electron chi connectivity index (χ4n) is 1.59. The number of rotatable bonds is 6. The van der Waals surface area contributed by atoms with Gasteiger partial charge in [0.2, 0.25) is 10.0 Å².